The van der Waals surface area contributed by atoms with E-state index in [1.165, 1.54) is 6.42 Å². The van der Waals surface area contributed by atoms with Crippen molar-refractivity contribution < 1.29 is 9.53 Å². The van der Waals surface area contributed by atoms with Crippen molar-refractivity contribution in [3.8, 4) is 0 Å². The van der Waals surface area contributed by atoms with E-state index in [4.69, 9.17) is 4.74 Å². The summed E-state index contributed by atoms with van der Waals surface area (Å²) in [5.41, 5.74) is 0.474. The molecule has 3 aliphatic rings. The highest BCUT2D eigenvalue weighted by molar-refractivity contribution is 5.92. The van der Waals surface area contributed by atoms with Crippen molar-refractivity contribution in [2.75, 3.05) is 26.3 Å². The number of hydrogen-bond donors (Lipinski definition) is 1. The van der Waals surface area contributed by atoms with Gasteiger partial charge in [-0.05, 0) is 19.3 Å². The van der Waals surface area contributed by atoms with Crippen molar-refractivity contribution in [1.82, 2.24) is 25.2 Å². The number of carbonyl (C=O) groups is 1. The van der Waals surface area contributed by atoms with Gasteiger partial charge >= 0.3 is 0 Å². The lowest BCUT2D eigenvalue weighted by molar-refractivity contribution is -0.0210. The van der Waals surface area contributed by atoms with Crippen LogP contribution in [0.2, 0.25) is 0 Å². The molecule has 1 aliphatic carbocycles. The Morgan fingerprint density at radius 3 is 2.70 bits per heavy atom. The van der Waals surface area contributed by atoms with Crippen molar-refractivity contribution in [3.63, 3.8) is 0 Å². The lowest BCUT2D eigenvalue weighted by Gasteiger charge is -2.42. The number of nitrogens with zero attached hydrogens (tertiary/aromatic N) is 4. The maximum absolute atomic E-state index is 12.2. The fraction of sp³-hybridized carbons (Fsp3) is 0.769. The van der Waals surface area contributed by atoms with E-state index in [1.807, 2.05) is 9.58 Å². The van der Waals surface area contributed by atoms with Crippen molar-refractivity contribution in [2.45, 2.75) is 37.4 Å². The number of carbonyl (C=O) groups excluding carboxylic acids is 1. The zero-order valence-corrected chi connectivity index (χ0v) is 11.4. The lowest BCUT2D eigenvalue weighted by Crippen LogP contribution is -2.64. The molecule has 2 aliphatic heterocycles. The second-order valence-corrected chi connectivity index (χ2v) is 5.98. The first kappa shape index (κ1) is 12.3. The molecule has 108 valence electrons. The lowest BCUT2D eigenvalue weighted by atomic mass is 9.93. The molecule has 3 heterocycles. The Balaban J connectivity index is 1.30. The van der Waals surface area contributed by atoms with Crippen molar-refractivity contribution in [1.29, 1.82) is 0 Å². The minimum Gasteiger partial charge on any atom is -0.378 e. The molecule has 7 heteroatoms. The molecule has 3 fully saturated rings. The molecule has 1 aromatic rings. The summed E-state index contributed by atoms with van der Waals surface area (Å²) in [6.07, 6.45) is 5.34. The van der Waals surface area contributed by atoms with E-state index in [1.54, 1.807) is 6.20 Å². The standard InChI is InChI=1S/C13H19N5O2/c19-13(12-6-18(16-15-12)11-2-1-3-11)17-4-9(5-17)14-10-7-20-8-10/h6,9-11,14H,1-5,7-8H2. The fourth-order valence-electron chi connectivity index (χ4n) is 2.78. The third kappa shape index (κ3) is 2.10. The molecular formula is C13H19N5O2. The van der Waals surface area contributed by atoms with Crippen LogP contribution < -0.4 is 5.32 Å². The van der Waals surface area contributed by atoms with Gasteiger partial charge in [0.1, 0.15) is 0 Å². The molecule has 0 aromatic carbocycles. The molecule has 4 rings (SSSR count). The van der Waals surface area contributed by atoms with Gasteiger partial charge < -0.3 is 15.0 Å². The molecular weight excluding hydrogens is 258 g/mol. The largest absolute Gasteiger partial charge is 0.378 e. The Hall–Kier alpha value is -1.47. The van der Waals surface area contributed by atoms with Crippen LogP contribution in [-0.4, -0.2) is 64.2 Å². The number of ether oxygens (including phenoxy) is 1. The monoisotopic (exact) mass is 277 g/mol. The van der Waals surface area contributed by atoms with Crippen LogP contribution in [0.15, 0.2) is 6.20 Å². The molecule has 0 radical (unpaired) electrons. The molecule has 7 nitrogen and oxygen atoms in total. The van der Waals surface area contributed by atoms with Gasteiger partial charge in [0.2, 0.25) is 0 Å². The van der Waals surface area contributed by atoms with Crippen LogP contribution in [0.4, 0.5) is 0 Å². The van der Waals surface area contributed by atoms with Gasteiger partial charge in [-0.2, -0.15) is 0 Å². The van der Waals surface area contributed by atoms with E-state index < -0.39 is 0 Å². The van der Waals surface area contributed by atoms with Crippen LogP contribution in [0.1, 0.15) is 35.8 Å². The summed E-state index contributed by atoms with van der Waals surface area (Å²) in [6, 6.07) is 1.32. The summed E-state index contributed by atoms with van der Waals surface area (Å²) in [5.74, 6) is -0.00140. The fourth-order valence-corrected chi connectivity index (χ4v) is 2.78. The van der Waals surface area contributed by atoms with Gasteiger partial charge in [0, 0.05) is 19.1 Å². The molecule has 0 spiro atoms. The minimum absolute atomic E-state index is 0.00140. The second kappa shape index (κ2) is 4.82. The summed E-state index contributed by atoms with van der Waals surface area (Å²) in [4.78, 5) is 14.1. The molecule has 0 bridgehead atoms. The van der Waals surface area contributed by atoms with E-state index >= 15 is 0 Å². The number of hydrogen-bond acceptors (Lipinski definition) is 5. The predicted molar refractivity (Wildman–Crippen MR) is 70.3 cm³/mol. The zero-order chi connectivity index (χ0) is 13.5. The smallest absolute Gasteiger partial charge is 0.276 e. The Labute approximate surface area is 117 Å². The average Bonchev–Trinajstić information content (AvgIpc) is 2.71. The highest BCUT2D eigenvalue weighted by Crippen LogP contribution is 2.30. The number of amides is 1. The number of rotatable bonds is 4. The first-order chi connectivity index (χ1) is 9.79. The zero-order valence-electron chi connectivity index (χ0n) is 11.4. The van der Waals surface area contributed by atoms with Crippen LogP contribution >= 0.6 is 0 Å². The van der Waals surface area contributed by atoms with Gasteiger partial charge in [0.05, 0.1) is 31.5 Å². The normalized spacial score (nSPS) is 24.1. The second-order valence-electron chi connectivity index (χ2n) is 5.98. The Morgan fingerprint density at radius 1 is 1.30 bits per heavy atom. The minimum atomic E-state index is -0.00140. The predicted octanol–water partition coefficient (Wildman–Crippen LogP) is -0.184. The van der Waals surface area contributed by atoms with Gasteiger partial charge in [-0.15, -0.1) is 5.10 Å². The highest BCUT2D eigenvalue weighted by atomic mass is 16.5. The van der Waals surface area contributed by atoms with E-state index in [-0.39, 0.29) is 5.91 Å². The van der Waals surface area contributed by atoms with Gasteiger partial charge in [-0.1, -0.05) is 5.21 Å². The Morgan fingerprint density at radius 2 is 2.10 bits per heavy atom. The van der Waals surface area contributed by atoms with E-state index in [0.717, 1.165) is 39.1 Å². The van der Waals surface area contributed by atoms with Crippen molar-refractivity contribution in [2.24, 2.45) is 0 Å². The summed E-state index contributed by atoms with van der Waals surface area (Å²) in [5, 5.41) is 11.6. The van der Waals surface area contributed by atoms with Crippen LogP contribution in [0, 0.1) is 0 Å². The first-order valence-electron chi connectivity index (χ1n) is 7.34. The average molecular weight is 277 g/mol. The number of nitrogens with one attached hydrogen (secondary N) is 1. The SMILES string of the molecule is O=C(c1cn(C2CCC2)nn1)N1CC(NC2COC2)C1. The molecule has 1 aromatic heterocycles. The van der Waals surface area contributed by atoms with Gasteiger partial charge in [-0.25, -0.2) is 4.68 Å². The summed E-state index contributed by atoms with van der Waals surface area (Å²) in [7, 11) is 0. The molecule has 0 unspecified atom stereocenters. The maximum atomic E-state index is 12.2. The van der Waals surface area contributed by atoms with Crippen LogP contribution in [-0.2, 0) is 4.74 Å². The van der Waals surface area contributed by atoms with E-state index in [2.05, 4.69) is 15.6 Å². The number of likely N-dealkylation sites (tertiary alicyclic amines) is 1. The Kier molecular flexibility index (Phi) is 2.96. The van der Waals surface area contributed by atoms with Crippen LogP contribution in [0.25, 0.3) is 0 Å². The van der Waals surface area contributed by atoms with E-state index in [0.29, 0.717) is 23.8 Å². The van der Waals surface area contributed by atoms with Gasteiger partial charge in [0.15, 0.2) is 5.69 Å². The van der Waals surface area contributed by atoms with E-state index in [9.17, 15) is 4.79 Å². The number of aromatic nitrogens is 3. The quantitative estimate of drug-likeness (QED) is 0.826. The summed E-state index contributed by atoms with van der Waals surface area (Å²) < 4.78 is 6.97. The Bertz CT molecular complexity index is 503. The molecule has 0 atom stereocenters. The van der Waals surface area contributed by atoms with Crippen molar-refractivity contribution in [3.05, 3.63) is 11.9 Å². The third-order valence-electron chi connectivity index (χ3n) is 4.46. The van der Waals surface area contributed by atoms with Crippen molar-refractivity contribution >= 4 is 5.91 Å². The molecule has 1 N–H and O–H groups in total. The molecule has 1 saturated carbocycles. The highest BCUT2D eigenvalue weighted by Gasteiger charge is 2.35. The topological polar surface area (TPSA) is 72.3 Å². The van der Waals surface area contributed by atoms with Gasteiger partial charge in [0.25, 0.3) is 5.91 Å². The molecule has 2 saturated heterocycles. The molecule has 20 heavy (non-hydrogen) atoms. The van der Waals surface area contributed by atoms with Crippen LogP contribution in [0.3, 0.4) is 0 Å². The third-order valence-corrected chi connectivity index (χ3v) is 4.46. The van der Waals surface area contributed by atoms with Gasteiger partial charge in [-0.3, -0.25) is 4.79 Å². The van der Waals surface area contributed by atoms with Crippen LogP contribution in [0.5, 0.6) is 0 Å². The maximum Gasteiger partial charge on any atom is 0.276 e. The summed E-state index contributed by atoms with van der Waals surface area (Å²) in [6.45, 7) is 3.09. The molecule has 1 amide bonds. The summed E-state index contributed by atoms with van der Waals surface area (Å²) >= 11 is 0. The first-order valence-corrected chi connectivity index (χ1v) is 7.34.